The Labute approximate surface area is 84.2 Å². The zero-order valence-electron chi connectivity index (χ0n) is 7.53. The summed E-state index contributed by atoms with van der Waals surface area (Å²) >= 11 is 0. The van der Waals surface area contributed by atoms with Gasteiger partial charge in [0, 0.05) is 0 Å². The molecule has 0 unspecified atom stereocenters. The van der Waals surface area contributed by atoms with Crippen molar-refractivity contribution in [2.24, 2.45) is 0 Å². The van der Waals surface area contributed by atoms with Crippen molar-refractivity contribution in [1.29, 1.82) is 0 Å². The summed E-state index contributed by atoms with van der Waals surface area (Å²) in [5.74, 6) is -3.04. The molecule has 0 bridgehead atoms. The molecule has 0 aliphatic heterocycles. The monoisotopic (exact) mass is 213 g/mol. The Bertz CT molecular complexity index is 405. The number of carboxylic acids is 2. The summed E-state index contributed by atoms with van der Waals surface area (Å²) in [6.07, 6.45) is 0. The highest BCUT2D eigenvalue weighted by atomic mass is 19.1. The number of anilines is 1. The number of aliphatic carboxylic acids is 1. The fourth-order valence-electron chi connectivity index (χ4n) is 1.02. The molecule has 0 heterocycles. The quantitative estimate of drug-likeness (QED) is 0.695. The SMILES string of the molecule is O=C(O)CNc1cc(F)ccc1C(=O)O. The van der Waals surface area contributed by atoms with E-state index in [1.165, 1.54) is 0 Å². The summed E-state index contributed by atoms with van der Waals surface area (Å²) in [4.78, 5) is 20.9. The van der Waals surface area contributed by atoms with Gasteiger partial charge in [0.2, 0.25) is 0 Å². The van der Waals surface area contributed by atoms with Crippen LogP contribution in [0.3, 0.4) is 0 Å². The van der Waals surface area contributed by atoms with E-state index in [4.69, 9.17) is 10.2 Å². The minimum atomic E-state index is -1.25. The number of benzene rings is 1. The van der Waals surface area contributed by atoms with Gasteiger partial charge in [-0.3, -0.25) is 4.79 Å². The van der Waals surface area contributed by atoms with E-state index in [1.54, 1.807) is 0 Å². The molecule has 0 spiro atoms. The Morgan fingerprint density at radius 3 is 2.53 bits per heavy atom. The van der Waals surface area contributed by atoms with Crippen LogP contribution in [0.5, 0.6) is 0 Å². The lowest BCUT2D eigenvalue weighted by Gasteiger charge is -2.07. The van der Waals surface area contributed by atoms with Crippen LogP contribution in [0.2, 0.25) is 0 Å². The lowest BCUT2D eigenvalue weighted by molar-refractivity contribution is -0.134. The molecule has 0 aliphatic rings. The Morgan fingerprint density at radius 2 is 2.00 bits per heavy atom. The van der Waals surface area contributed by atoms with Crippen LogP contribution in [-0.2, 0) is 4.79 Å². The number of hydrogen-bond donors (Lipinski definition) is 3. The van der Waals surface area contributed by atoms with Crippen molar-refractivity contribution in [2.75, 3.05) is 11.9 Å². The predicted octanol–water partition coefficient (Wildman–Crippen LogP) is 1.02. The lowest BCUT2D eigenvalue weighted by Crippen LogP contribution is -2.15. The molecule has 1 aromatic carbocycles. The Morgan fingerprint density at radius 1 is 1.33 bits per heavy atom. The Kier molecular flexibility index (Phi) is 3.22. The van der Waals surface area contributed by atoms with Crippen molar-refractivity contribution in [3.05, 3.63) is 29.6 Å². The highest BCUT2D eigenvalue weighted by Gasteiger charge is 2.11. The van der Waals surface area contributed by atoms with E-state index >= 15 is 0 Å². The smallest absolute Gasteiger partial charge is 0.337 e. The molecular formula is C9H8FNO4. The fraction of sp³-hybridized carbons (Fsp3) is 0.111. The lowest BCUT2D eigenvalue weighted by atomic mass is 10.1. The maximum absolute atomic E-state index is 12.8. The van der Waals surface area contributed by atoms with Gasteiger partial charge in [0.1, 0.15) is 12.4 Å². The molecule has 0 saturated heterocycles. The second-order valence-electron chi connectivity index (χ2n) is 2.74. The minimum Gasteiger partial charge on any atom is -0.480 e. The zero-order chi connectivity index (χ0) is 11.4. The first-order valence-electron chi connectivity index (χ1n) is 3.99. The molecule has 1 rings (SSSR count). The molecule has 0 aromatic heterocycles. The van der Waals surface area contributed by atoms with Crippen molar-refractivity contribution in [2.45, 2.75) is 0 Å². The van der Waals surface area contributed by atoms with E-state index in [0.29, 0.717) is 0 Å². The van der Waals surface area contributed by atoms with Crippen molar-refractivity contribution in [3.63, 3.8) is 0 Å². The molecule has 6 heteroatoms. The fourth-order valence-corrected chi connectivity index (χ4v) is 1.02. The van der Waals surface area contributed by atoms with E-state index in [1.807, 2.05) is 0 Å². The molecule has 1 aromatic rings. The van der Waals surface area contributed by atoms with Crippen LogP contribution in [0.25, 0.3) is 0 Å². The largest absolute Gasteiger partial charge is 0.480 e. The Balaban J connectivity index is 2.96. The summed E-state index contributed by atoms with van der Waals surface area (Å²) in [5, 5.41) is 19.4. The van der Waals surface area contributed by atoms with E-state index in [0.717, 1.165) is 18.2 Å². The summed E-state index contributed by atoms with van der Waals surface area (Å²) in [7, 11) is 0. The second-order valence-corrected chi connectivity index (χ2v) is 2.74. The average Bonchev–Trinajstić information content (AvgIpc) is 2.14. The van der Waals surface area contributed by atoms with Gasteiger partial charge in [0.25, 0.3) is 0 Å². The molecule has 0 aliphatic carbocycles. The van der Waals surface area contributed by atoms with Crippen molar-refractivity contribution in [1.82, 2.24) is 0 Å². The molecule has 15 heavy (non-hydrogen) atoms. The average molecular weight is 213 g/mol. The van der Waals surface area contributed by atoms with E-state index < -0.39 is 24.3 Å². The molecule has 0 fully saturated rings. The van der Waals surface area contributed by atoms with Crippen LogP contribution in [0, 0.1) is 5.82 Å². The number of aromatic carboxylic acids is 1. The van der Waals surface area contributed by atoms with Gasteiger partial charge in [-0.2, -0.15) is 0 Å². The van der Waals surface area contributed by atoms with Gasteiger partial charge in [-0.15, -0.1) is 0 Å². The number of hydrogen-bond acceptors (Lipinski definition) is 3. The van der Waals surface area contributed by atoms with Gasteiger partial charge in [-0.25, -0.2) is 9.18 Å². The summed E-state index contributed by atoms with van der Waals surface area (Å²) in [6.45, 7) is -0.469. The van der Waals surface area contributed by atoms with E-state index in [9.17, 15) is 14.0 Å². The zero-order valence-corrected chi connectivity index (χ0v) is 7.53. The first-order chi connectivity index (χ1) is 7.00. The van der Waals surface area contributed by atoms with Gasteiger partial charge in [-0.1, -0.05) is 0 Å². The van der Waals surface area contributed by atoms with Crippen LogP contribution < -0.4 is 5.32 Å². The maximum atomic E-state index is 12.8. The summed E-state index contributed by atoms with van der Waals surface area (Å²) in [6, 6.07) is 3.00. The van der Waals surface area contributed by atoms with Crippen molar-refractivity contribution >= 4 is 17.6 Å². The first kappa shape index (κ1) is 11.0. The normalized spacial score (nSPS) is 9.67. The molecule has 0 radical (unpaired) electrons. The predicted molar refractivity (Wildman–Crippen MR) is 49.5 cm³/mol. The van der Waals surface area contributed by atoms with E-state index in [-0.39, 0.29) is 11.3 Å². The number of carbonyl (C=O) groups is 2. The van der Waals surface area contributed by atoms with Crippen LogP contribution in [-0.4, -0.2) is 28.7 Å². The number of nitrogens with one attached hydrogen (secondary N) is 1. The third kappa shape index (κ3) is 2.94. The first-order valence-corrected chi connectivity index (χ1v) is 3.99. The van der Waals surface area contributed by atoms with Crippen LogP contribution in [0.15, 0.2) is 18.2 Å². The van der Waals surface area contributed by atoms with Crippen molar-refractivity contribution in [3.8, 4) is 0 Å². The summed E-state index contributed by atoms with van der Waals surface area (Å²) in [5.41, 5.74) is -0.220. The van der Waals surface area contributed by atoms with Gasteiger partial charge in [-0.05, 0) is 18.2 Å². The molecule has 5 nitrogen and oxygen atoms in total. The number of carboxylic acid groups (broad SMARTS) is 2. The number of halogens is 1. The Hall–Kier alpha value is -2.11. The molecule has 80 valence electrons. The molecular weight excluding hydrogens is 205 g/mol. The van der Waals surface area contributed by atoms with Gasteiger partial charge < -0.3 is 15.5 Å². The van der Waals surface area contributed by atoms with Gasteiger partial charge in [0.15, 0.2) is 0 Å². The maximum Gasteiger partial charge on any atom is 0.337 e. The van der Waals surface area contributed by atoms with Crippen LogP contribution in [0.1, 0.15) is 10.4 Å². The van der Waals surface area contributed by atoms with Crippen LogP contribution in [0.4, 0.5) is 10.1 Å². The second kappa shape index (κ2) is 4.41. The third-order valence-electron chi connectivity index (χ3n) is 1.64. The minimum absolute atomic E-state index is 0.0510. The number of rotatable bonds is 4. The van der Waals surface area contributed by atoms with Crippen LogP contribution >= 0.6 is 0 Å². The molecule has 3 N–H and O–H groups in total. The van der Waals surface area contributed by atoms with Gasteiger partial charge >= 0.3 is 11.9 Å². The van der Waals surface area contributed by atoms with Crippen molar-refractivity contribution < 1.29 is 24.2 Å². The highest BCUT2D eigenvalue weighted by molar-refractivity contribution is 5.94. The van der Waals surface area contributed by atoms with Gasteiger partial charge in [0.05, 0.1) is 11.3 Å². The van der Waals surface area contributed by atoms with E-state index in [2.05, 4.69) is 5.32 Å². The molecule has 0 atom stereocenters. The highest BCUT2D eigenvalue weighted by Crippen LogP contribution is 2.16. The molecule has 0 saturated carbocycles. The topological polar surface area (TPSA) is 86.6 Å². The summed E-state index contributed by atoms with van der Waals surface area (Å²) < 4.78 is 12.8. The standard InChI is InChI=1S/C9H8FNO4/c10-5-1-2-6(9(14)15)7(3-5)11-4-8(12)13/h1-3,11H,4H2,(H,12,13)(H,14,15). The third-order valence-corrected chi connectivity index (χ3v) is 1.64. The molecule has 0 amide bonds.